The number of nitrogens with zero attached hydrogens (tertiary/aromatic N) is 2. The summed E-state index contributed by atoms with van der Waals surface area (Å²) in [6.45, 7) is 20.0. The summed E-state index contributed by atoms with van der Waals surface area (Å²) in [6, 6.07) is 3.57. The van der Waals surface area contributed by atoms with E-state index in [-0.39, 0.29) is 75.9 Å². The van der Waals surface area contributed by atoms with E-state index in [4.69, 9.17) is 28.8 Å². The number of methoxy groups -OCH3 is 1. The van der Waals surface area contributed by atoms with Gasteiger partial charge in [-0.2, -0.15) is 0 Å². The lowest BCUT2D eigenvalue weighted by atomic mass is 9.81. The molecule has 0 radical (unpaired) electrons. The number of esters is 1. The smallest absolute Gasteiger partial charge is 0.350 e. The molecule has 422 valence electrons. The monoisotopic (exact) mass is 1100 g/mol. The van der Waals surface area contributed by atoms with Crippen molar-refractivity contribution in [2.45, 2.75) is 194 Å². The normalized spacial score (nSPS) is 27.9. The summed E-state index contributed by atoms with van der Waals surface area (Å²) in [4.78, 5) is 58.8. The maximum Gasteiger partial charge on any atom is 0.350 e. The first-order chi connectivity index (χ1) is 36.4. The van der Waals surface area contributed by atoms with E-state index in [2.05, 4.69) is 70.5 Å². The molecule has 4 aliphatic carbocycles. The molecule has 3 saturated heterocycles. The van der Waals surface area contributed by atoms with Crippen LogP contribution < -0.4 is 9.80 Å². The van der Waals surface area contributed by atoms with Crippen molar-refractivity contribution in [2.75, 3.05) is 56.6 Å². The van der Waals surface area contributed by atoms with Crippen molar-refractivity contribution >= 4 is 57.8 Å². The van der Waals surface area contributed by atoms with Gasteiger partial charge < -0.3 is 48.8 Å². The molecule has 2 saturated carbocycles. The molecule has 1 spiro atoms. The van der Waals surface area contributed by atoms with Crippen molar-refractivity contribution in [3.8, 4) is 23.7 Å². The third kappa shape index (κ3) is 17.1. The zero-order valence-electron chi connectivity index (χ0n) is 47.1. The number of aromatic carboxylic acids is 1. The van der Waals surface area contributed by atoms with E-state index in [0.717, 1.165) is 100 Å². The average molecular weight is 1100 g/mol. The van der Waals surface area contributed by atoms with Gasteiger partial charge in [0.05, 0.1) is 78.1 Å². The van der Waals surface area contributed by atoms with Gasteiger partial charge in [0, 0.05) is 48.0 Å². The molecule has 5 heterocycles. The highest BCUT2D eigenvalue weighted by molar-refractivity contribution is 7.15. The van der Waals surface area contributed by atoms with E-state index in [1.807, 2.05) is 31.7 Å². The highest BCUT2D eigenvalue weighted by atomic mass is 32.1. The summed E-state index contributed by atoms with van der Waals surface area (Å²) in [5.41, 5.74) is 2.45. The Morgan fingerprint density at radius 1 is 0.714 bits per heavy atom. The fourth-order valence-electron chi connectivity index (χ4n) is 10.7. The number of ether oxygens (including phenoxy) is 5. The number of carboxylic acids is 1. The van der Waals surface area contributed by atoms with Gasteiger partial charge in [-0.15, -0.1) is 22.7 Å². The standard InChI is InChI=1S/C30H41NO6S.C27H35NO4S.C4H8O2/c1-20-5-7-21(8-6-20)27(32)31(25-17-24(11-13-29(2,3)4)38-26(25)28(33)34)22-9-14-30(35,15-10-22)19-37-23-12-16-36-18-23;1-18-6-8-19(9-7-18)24(29)28(20-10-14-27(15-11-20)17-32-27)22-16-21(12-13-26(2,3)4)33-23(22)25(30)31-5;5-4-1-2-6-3-4/h5,17,21-23,35H,6-10,12,14-16,18-19H2,1-4H3,(H,33,34);6,16,19-20H,7-11,14-15,17H2,1-5H3;4-5H,1-3H2/t21-,22?,23?,30?;19-,20?,27?;4-/m000/s1. The van der Waals surface area contributed by atoms with Crippen LogP contribution in [0.25, 0.3) is 0 Å². The number of carbonyl (C=O) groups excluding carboxylic acids is 3. The van der Waals surface area contributed by atoms with E-state index in [0.29, 0.717) is 73.1 Å². The molecular weight excluding hydrogens is 1020 g/mol. The molecule has 0 aromatic carbocycles. The van der Waals surface area contributed by atoms with Crippen molar-refractivity contribution in [1.82, 2.24) is 0 Å². The van der Waals surface area contributed by atoms with Crippen molar-refractivity contribution in [3.63, 3.8) is 0 Å². The highest BCUT2D eigenvalue weighted by Crippen LogP contribution is 2.46. The Morgan fingerprint density at radius 3 is 1.58 bits per heavy atom. The molecule has 14 nitrogen and oxygen atoms in total. The fourth-order valence-corrected chi connectivity index (χ4v) is 12.4. The van der Waals surface area contributed by atoms with Gasteiger partial charge in [-0.25, -0.2) is 9.59 Å². The third-order valence-electron chi connectivity index (χ3n) is 15.5. The van der Waals surface area contributed by atoms with E-state index in [1.54, 1.807) is 11.0 Å². The summed E-state index contributed by atoms with van der Waals surface area (Å²) in [7, 11) is 1.39. The molecule has 9 rings (SSSR count). The minimum absolute atomic E-state index is 0.0224. The maximum atomic E-state index is 14.0. The largest absolute Gasteiger partial charge is 0.477 e. The molecule has 16 heteroatoms. The number of thiophene rings is 2. The number of carbonyl (C=O) groups is 4. The van der Waals surface area contributed by atoms with E-state index < -0.39 is 17.5 Å². The van der Waals surface area contributed by atoms with Crippen molar-refractivity contribution in [2.24, 2.45) is 22.7 Å². The van der Waals surface area contributed by atoms with E-state index in [9.17, 15) is 29.4 Å². The van der Waals surface area contributed by atoms with Gasteiger partial charge in [0.1, 0.15) is 9.75 Å². The van der Waals surface area contributed by atoms with Gasteiger partial charge in [0.25, 0.3) is 0 Å². The number of carboxylic acid groups (broad SMARTS) is 1. The predicted molar refractivity (Wildman–Crippen MR) is 302 cm³/mol. The molecule has 77 heavy (non-hydrogen) atoms. The maximum absolute atomic E-state index is 14.0. The lowest BCUT2D eigenvalue weighted by Crippen LogP contribution is -2.50. The number of hydrogen-bond acceptors (Lipinski definition) is 13. The van der Waals surface area contributed by atoms with Crippen LogP contribution in [-0.2, 0) is 33.3 Å². The second-order valence-corrected chi connectivity index (χ2v) is 26.5. The van der Waals surface area contributed by atoms with Crippen LogP contribution in [0.4, 0.5) is 11.4 Å². The summed E-state index contributed by atoms with van der Waals surface area (Å²) in [6.07, 6.45) is 16.5. The number of aliphatic hydroxyl groups excluding tert-OH is 1. The SMILES string of the molecule is CC1=CC[C@H](C(=O)N(c2cc(C#CC(C)(C)C)sc2C(=O)O)C2CCC(O)(COC3CCOC3)CC2)CC1.COC(=O)c1sc(C#CC(C)(C)C)cc1N(C(=O)[C@H]1CC=C(C)CC1)C1CCC2(CC1)CO2.O[C@H]1CCOC1. The lowest BCUT2D eigenvalue weighted by molar-refractivity contribution is -0.124. The molecule has 4 atom stereocenters. The van der Waals surface area contributed by atoms with Gasteiger partial charge >= 0.3 is 11.9 Å². The second-order valence-electron chi connectivity index (χ2n) is 24.4. The van der Waals surface area contributed by atoms with Gasteiger partial charge in [0.2, 0.25) is 11.8 Å². The van der Waals surface area contributed by atoms with Crippen LogP contribution in [-0.4, -0.2) is 121 Å². The summed E-state index contributed by atoms with van der Waals surface area (Å²) >= 11 is 2.45. The Morgan fingerprint density at radius 2 is 1.19 bits per heavy atom. The number of epoxide rings is 1. The van der Waals surface area contributed by atoms with Crippen LogP contribution in [0.15, 0.2) is 35.4 Å². The average Bonchev–Trinajstić information content (AvgIpc) is 3.99. The molecule has 2 aromatic rings. The van der Waals surface area contributed by atoms with E-state index in [1.165, 1.54) is 29.6 Å². The number of rotatable bonds is 11. The summed E-state index contributed by atoms with van der Waals surface area (Å²) in [5.74, 6) is 11.2. The van der Waals surface area contributed by atoms with Gasteiger partial charge in [-0.1, -0.05) is 47.0 Å². The number of hydrogen-bond donors (Lipinski definition) is 3. The van der Waals surface area contributed by atoms with Crippen molar-refractivity contribution in [3.05, 3.63) is 54.9 Å². The minimum atomic E-state index is -1.05. The molecule has 3 N–H and O–H groups in total. The Bertz CT molecular complexity index is 2580. The third-order valence-corrected chi connectivity index (χ3v) is 17.5. The lowest BCUT2D eigenvalue weighted by Gasteiger charge is -2.42. The predicted octanol–water partition coefficient (Wildman–Crippen LogP) is 10.9. The van der Waals surface area contributed by atoms with Crippen LogP contribution in [0.3, 0.4) is 0 Å². The molecule has 5 fully saturated rings. The number of aliphatic hydroxyl groups is 2. The van der Waals surface area contributed by atoms with Crippen LogP contribution in [0.5, 0.6) is 0 Å². The first-order valence-corrected chi connectivity index (χ1v) is 29.5. The van der Waals surface area contributed by atoms with Gasteiger partial charge in [-0.05, 0) is 170 Å². The fraction of sp³-hybridized carbons (Fsp3) is 0.672. The van der Waals surface area contributed by atoms with Crippen molar-refractivity contribution in [1.29, 1.82) is 0 Å². The van der Waals surface area contributed by atoms with Crippen LogP contribution >= 0.6 is 22.7 Å². The number of allylic oxidation sites excluding steroid dienone is 4. The molecule has 3 aliphatic heterocycles. The molecule has 7 aliphatic rings. The van der Waals surface area contributed by atoms with Gasteiger partial charge in [0.15, 0.2) is 0 Å². The Labute approximate surface area is 465 Å². The first-order valence-electron chi connectivity index (χ1n) is 27.9. The van der Waals surface area contributed by atoms with Crippen molar-refractivity contribution < 1.29 is 58.2 Å². The number of amides is 2. The zero-order chi connectivity index (χ0) is 55.7. The zero-order valence-corrected chi connectivity index (χ0v) is 48.7. The van der Waals surface area contributed by atoms with Crippen LogP contribution in [0.2, 0.25) is 0 Å². The minimum Gasteiger partial charge on any atom is -0.477 e. The number of anilines is 2. The molecule has 2 aromatic heterocycles. The van der Waals surface area contributed by atoms with Gasteiger partial charge in [-0.3, -0.25) is 9.59 Å². The molecule has 0 bridgehead atoms. The summed E-state index contributed by atoms with van der Waals surface area (Å²) < 4.78 is 26.9. The Balaban J connectivity index is 0.000000203. The van der Waals surface area contributed by atoms with E-state index >= 15 is 0 Å². The molecular formula is C61H84N2O12S2. The Hall–Kier alpha value is -4.36. The highest BCUT2D eigenvalue weighted by Gasteiger charge is 2.49. The Kier molecular flexibility index (Phi) is 20.6. The first kappa shape index (κ1) is 60.3. The summed E-state index contributed by atoms with van der Waals surface area (Å²) in [5, 5.41) is 29.9. The second kappa shape index (κ2) is 26.3. The van der Waals surface area contributed by atoms with Crippen LogP contribution in [0.1, 0.15) is 187 Å². The quantitative estimate of drug-likeness (QED) is 0.0838. The molecule has 2 amide bonds. The van der Waals surface area contributed by atoms with Crippen LogP contribution in [0, 0.1) is 46.3 Å². The molecule has 1 unspecified atom stereocenters. The topological polar surface area (TPSA) is 185 Å².